The van der Waals surface area contributed by atoms with Crippen LogP contribution in [0.25, 0.3) is 11.1 Å². The standard InChI is InChI=1S/C24H20N2O7/c27-12-11-25(21-10-9-15(23(28)29)13-22(21)26(31)32)24(30)33-14-20-18-7-3-1-5-16(18)17-6-2-4-8-19(17)20/h1-10,13,20,27H,11-12,14H2,(H,28,29). The number of nitrogens with zero attached hydrogens (tertiary/aromatic N) is 2. The van der Waals surface area contributed by atoms with Crippen LogP contribution in [0, 0.1) is 10.1 Å². The van der Waals surface area contributed by atoms with Crippen molar-refractivity contribution in [1.82, 2.24) is 0 Å². The first kappa shape index (κ1) is 22.0. The van der Waals surface area contributed by atoms with Gasteiger partial charge in [-0.05, 0) is 34.4 Å². The molecule has 0 aliphatic heterocycles. The largest absolute Gasteiger partial charge is 0.478 e. The molecule has 0 bridgehead atoms. The minimum atomic E-state index is -1.33. The molecule has 9 heteroatoms. The molecular formula is C24H20N2O7. The fraction of sp³-hybridized carbons (Fsp3) is 0.167. The number of nitro groups is 1. The van der Waals surface area contributed by atoms with Crippen LogP contribution in [-0.4, -0.2) is 47.0 Å². The molecule has 9 nitrogen and oxygen atoms in total. The van der Waals surface area contributed by atoms with E-state index in [2.05, 4.69) is 0 Å². The minimum Gasteiger partial charge on any atom is -0.478 e. The number of aliphatic hydroxyl groups is 1. The molecule has 0 saturated carbocycles. The van der Waals surface area contributed by atoms with E-state index in [-0.39, 0.29) is 30.3 Å². The van der Waals surface area contributed by atoms with Crippen LogP contribution in [0.2, 0.25) is 0 Å². The van der Waals surface area contributed by atoms with Crippen molar-refractivity contribution in [2.75, 3.05) is 24.7 Å². The number of hydrogen-bond donors (Lipinski definition) is 2. The molecule has 1 amide bonds. The van der Waals surface area contributed by atoms with Gasteiger partial charge in [-0.3, -0.25) is 15.0 Å². The van der Waals surface area contributed by atoms with E-state index in [1.54, 1.807) is 0 Å². The second-order valence-electron chi connectivity index (χ2n) is 7.44. The average molecular weight is 448 g/mol. The van der Waals surface area contributed by atoms with Gasteiger partial charge >= 0.3 is 12.1 Å². The summed E-state index contributed by atoms with van der Waals surface area (Å²) < 4.78 is 5.56. The first-order valence-corrected chi connectivity index (χ1v) is 10.2. The van der Waals surface area contributed by atoms with Crippen LogP contribution in [-0.2, 0) is 4.74 Å². The summed E-state index contributed by atoms with van der Waals surface area (Å²) in [5, 5.41) is 30.1. The quantitative estimate of drug-likeness (QED) is 0.412. The summed E-state index contributed by atoms with van der Waals surface area (Å²) in [5.41, 5.74) is 3.12. The maximum absolute atomic E-state index is 13.0. The molecule has 0 unspecified atom stereocenters. The van der Waals surface area contributed by atoms with Crippen LogP contribution in [0.3, 0.4) is 0 Å². The summed E-state index contributed by atoms with van der Waals surface area (Å²) in [5.74, 6) is -1.54. The van der Waals surface area contributed by atoms with Gasteiger partial charge in [0.15, 0.2) is 0 Å². The highest BCUT2D eigenvalue weighted by molar-refractivity contribution is 5.94. The highest BCUT2D eigenvalue weighted by Crippen LogP contribution is 2.44. The van der Waals surface area contributed by atoms with Gasteiger partial charge in [0, 0.05) is 12.0 Å². The number of aliphatic hydroxyl groups excluding tert-OH is 1. The third kappa shape index (κ3) is 4.13. The topological polar surface area (TPSA) is 130 Å². The van der Waals surface area contributed by atoms with Gasteiger partial charge in [-0.2, -0.15) is 0 Å². The van der Waals surface area contributed by atoms with E-state index in [0.29, 0.717) is 0 Å². The summed E-state index contributed by atoms with van der Waals surface area (Å²) in [4.78, 5) is 35.9. The monoisotopic (exact) mass is 448 g/mol. The highest BCUT2D eigenvalue weighted by atomic mass is 16.6. The summed E-state index contributed by atoms with van der Waals surface area (Å²) in [6, 6.07) is 18.8. The van der Waals surface area contributed by atoms with E-state index >= 15 is 0 Å². The van der Waals surface area contributed by atoms with Crippen molar-refractivity contribution in [1.29, 1.82) is 0 Å². The Morgan fingerprint density at radius 1 is 1.00 bits per heavy atom. The van der Waals surface area contributed by atoms with E-state index < -0.39 is 29.3 Å². The van der Waals surface area contributed by atoms with Crippen molar-refractivity contribution in [3.8, 4) is 11.1 Å². The molecule has 168 valence electrons. The fourth-order valence-electron chi connectivity index (χ4n) is 4.11. The number of amides is 1. The molecule has 1 aliphatic rings. The summed E-state index contributed by atoms with van der Waals surface area (Å²) >= 11 is 0. The van der Waals surface area contributed by atoms with Crippen molar-refractivity contribution in [2.45, 2.75) is 5.92 Å². The summed E-state index contributed by atoms with van der Waals surface area (Å²) in [7, 11) is 0. The minimum absolute atomic E-state index is 0.00417. The average Bonchev–Trinajstić information content (AvgIpc) is 3.14. The molecule has 0 spiro atoms. The van der Waals surface area contributed by atoms with Crippen molar-refractivity contribution in [2.24, 2.45) is 0 Å². The van der Waals surface area contributed by atoms with Gasteiger partial charge in [0.1, 0.15) is 12.3 Å². The number of hydrogen-bond acceptors (Lipinski definition) is 6. The van der Waals surface area contributed by atoms with E-state index in [0.717, 1.165) is 39.3 Å². The van der Waals surface area contributed by atoms with Gasteiger partial charge in [-0.1, -0.05) is 48.5 Å². The molecule has 3 aromatic carbocycles. The van der Waals surface area contributed by atoms with Crippen LogP contribution < -0.4 is 4.90 Å². The van der Waals surface area contributed by atoms with Gasteiger partial charge in [0.2, 0.25) is 0 Å². The number of carboxylic acids is 1. The molecule has 1 aliphatic carbocycles. The second kappa shape index (κ2) is 9.09. The van der Waals surface area contributed by atoms with Crippen LogP contribution >= 0.6 is 0 Å². The number of aromatic carboxylic acids is 1. The van der Waals surface area contributed by atoms with Gasteiger partial charge in [-0.25, -0.2) is 9.59 Å². The molecule has 0 atom stereocenters. The SMILES string of the molecule is O=C(O)c1ccc(N(CCO)C(=O)OCC2c3ccccc3-c3ccccc32)c([N+](=O)[O-])c1. The maximum atomic E-state index is 13.0. The zero-order chi connectivity index (χ0) is 23.5. The summed E-state index contributed by atoms with van der Waals surface area (Å²) in [6.45, 7) is -0.734. The van der Waals surface area contributed by atoms with E-state index in [1.807, 2.05) is 48.5 Å². The first-order chi connectivity index (χ1) is 15.9. The Morgan fingerprint density at radius 3 is 2.15 bits per heavy atom. The second-order valence-corrected chi connectivity index (χ2v) is 7.44. The van der Waals surface area contributed by atoms with Gasteiger partial charge < -0.3 is 14.9 Å². The third-order valence-corrected chi connectivity index (χ3v) is 5.59. The zero-order valence-electron chi connectivity index (χ0n) is 17.4. The maximum Gasteiger partial charge on any atom is 0.414 e. The molecule has 0 heterocycles. The van der Waals surface area contributed by atoms with Crippen molar-refractivity contribution < 1.29 is 29.5 Å². The molecule has 0 aromatic heterocycles. The zero-order valence-corrected chi connectivity index (χ0v) is 17.4. The van der Waals surface area contributed by atoms with Gasteiger partial charge in [0.25, 0.3) is 5.69 Å². The van der Waals surface area contributed by atoms with Crippen molar-refractivity contribution >= 4 is 23.4 Å². The number of ether oxygens (including phenoxy) is 1. The molecule has 2 N–H and O–H groups in total. The van der Waals surface area contributed by atoms with Gasteiger partial charge in [-0.15, -0.1) is 0 Å². The number of rotatable bonds is 7. The molecule has 33 heavy (non-hydrogen) atoms. The molecule has 0 radical (unpaired) electrons. The molecule has 4 rings (SSSR count). The Balaban J connectivity index is 1.61. The number of nitro benzene ring substituents is 1. The normalized spacial score (nSPS) is 12.0. The Morgan fingerprint density at radius 2 is 1.61 bits per heavy atom. The van der Waals surface area contributed by atoms with Crippen molar-refractivity contribution in [3.63, 3.8) is 0 Å². The molecular weight excluding hydrogens is 428 g/mol. The smallest absolute Gasteiger partial charge is 0.414 e. The predicted octanol–water partition coefficient (Wildman–Crippen LogP) is 4.04. The summed E-state index contributed by atoms with van der Waals surface area (Å²) in [6.07, 6.45) is -0.878. The van der Waals surface area contributed by atoms with Crippen LogP contribution in [0.15, 0.2) is 66.7 Å². The number of carbonyl (C=O) groups is 2. The molecule has 0 saturated heterocycles. The highest BCUT2D eigenvalue weighted by Gasteiger charge is 2.31. The Hall–Kier alpha value is -4.24. The lowest BCUT2D eigenvalue weighted by molar-refractivity contribution is -0.384. The van der Waals surface area contributed by atoms with Crippen molar-refractivity contribution in [3.05, 3.63) is 93.5 Å². The Bertz CT molecular complexity index is 1200. The van der Waals surface area contributed by atoms with E-state index in [4.69, 9.17) is 9.84 Å². The van der Waals surface area contributed by atoms with Crippen LogP contribution in [0.5, 0.6) is 0 Å². The van der Waals surface area contributed by atoms with Crippen LogP contribution in [0.4, 0.5) is 16.2 Å². The molecule has 0 fully saturated rings. The number of carbonyl (C=O) groups excluding carboxylic acids is 1. The first-order valence-electron chi connectivity index (χ1n) is 10.2. The van der Waals surface area contributed by atoms with Crippen LogP contribution in [0.1, 0.15) is 27.4 Å². The lowest BCUT2D eigenvalue weighted by Crippen LogP contribution is -2.35. The fourth-order valence-corrected chi connectivity index (χ4v) is 4.11. The lowest BCUT2D eigenvalue weighted by Gasteiger charge is -2.23. The predicted molar refractivity (Wildman–Crippen MR) is 120 cm³/mol. The number of benzene rings is 3. The number of carboxylic acid groups (broad SMARTS) is 1. The number of anilines is 1. The Kier molecular flexibility index (Phi) is 6.05. The third-order valence-electron chi connectivity index (χ3n) is 5.59. The van der Waals surface area contributed by atoms with E-state index in [9.17, 15) is 24.8 Å². The van der Waals surface area contributed by atoms with Gasteiger partial charge in [0.05, 0.1) is 23.6 Å². The number of fused-ring (bicyclic) bond motifs is 3. The lowest BCUT2D eigenvalue weighted by atomic mass is 9.98. The molecule has 3 aromatic rings. The Labute approximate surface area is 188 Å². The van der Waals surface area contributed by atoms with E-state index in [1.165, 1.54) is 6.07 Å².